The predicted octanol–water partition coefficient (Wildman–Crippen LogP) is -0.476. The van der Waals surface area contributed by atoms with Crippen LogP contribution in [-0.4, -0.2) is 71.1 Å². The van der Waals surface area contributed by atoms with Gasteiger partial charge in [0.15, 0.2) is 0 Å². The first-order chi connectivity index (χ1) is 10.0. The van der Waals surface area contributed by atoms with Crippen LogP contribution in [0.2, 0.25) is 0 Å². The van der Waals surface area contributed by atoms with Gasteiger partial charge in [-0.1, -0.05) is 0 Å². The highest BCUT2D eigenvalue weighted by Crippen LogP contribution is 2.23. The molecule has 0 aromatic rings. The molecular formula is C14H22N2O5. The lowest BCUT2D eigenvalue weighted by molar-refractivity contribution is -0.159. The third-order valence-electron chi connectivity index (χ3n) is 3.88. The van der Waals surface area contributed by atoms with Gasteiger partial charge in [-0.25, -0.2) is 0 Å². The monoisotopic (exact) mass is 298 g/mol. The molecule has 7 nitrogen and oxygen atoms in total. The number of fused-ring (bicyclic) bond motifs is 1. The summed E-state index contributed by atoms with van der Waals surface area (Å²) in [4.78, 5) is 38.7. The Bertz CT molecular complexity index is 426. The molecule has 2 unspecified atom stereocenters. The van der Waals surface area contributed by atoms with E-state index in [1.807, 2.05) is 0 Å². The SMILES string of the molecule is CCOC(=O)CC(O)CN1CC(=O)N2CCCCC2C1=O. The van der Waals surface area contributed by atoms with Crippen molar-refractivity contribution in [1.82, 2.24) is 9.80 Å². The summed E-state index contributed by atoms with van der Waals surface area (Å²) in [6.45, 7) is 2.55. The standard InChI is InChI=1S/C14H22N2O5/c1-2-21-13(19)7-10(17)8-15-9-12(18)16-6-4-3-5-11(16)14(15)20/h10-11,17H,2-9H2,1H3. The van der Waals surface area contributed by atoms with Gasteiger partial charge < -0.3 is 19.6 Å². The van der Waals surface area contributed by atoms with Crippen LogP contribution in [0.15, 0.2) is 0 Å². The molecule has 1 N–H and O–H groups in total. The molecule has 2 fully saturated rings. The van der Waals surface area contributed by atoms with Gasteiger partial charge in [0.2, 0.25) is 11.8 Å². The Morgan fingerprint density at radius 3 is 2.90 bits per heavy atom. The normalized spacial score (nSPS) is 23.8. The summed E-state index contributed by atoms with van der Waals surface area (Å²) < 4.78 is 4.76. The second kappa shape index (κ2) is 6.89. The second-order valence-corrected chi connectivity index (χ2v) is 5.48. The molecule has 118 valence electrons. The number of esters is 1. The first-order valence-corrected chi connectivity index (χ1v) is 7.45. The van der Waals surface area contributed by atoms with Gasteiger partial charge in [0.25, 0.3) is 0 Å². The Hall–Kier alpha value is -1.63. The molecule has 2 amide bonds. The van der Waals surface area contributed by atoms with Gasteiger partial charge in [0.05, 0.1) is 25.7 Å². The van der Waals surface area contributed by atoms with Crippen molar-refractivity contribution in [2.45, 2.75) is 44.8 Å². The Balaban J connectivity index is 1.92. The number of piperazine rings is 1. The van der Waals surface area contributed by atoms with Gasteiger partial charge in [0.1, 0.15) is 6.04 Å². The van der Waals surface area contributed by atoms with Gasteiger partial charge in [-0.3, -0.25) is 14.4 Å². The predicted molar refractivity (Wildman–Crippen MR) is 73.2 cm³/mol. The molecule has 2 rings (SSSR count). The molecule has 2 saturated heterocycles. The van der Waals surface area contributed by atoms with Gasteiger partial charge in [-0.2, -0.15) is 0 Å². The fourth-order valence-corrected chi connectivity index (χ4v) is 2.92. The van der Waals surface area contributed by atoms with Crippen molar-refractivity contribution in [1.29, 1.82) is 0 Å². The van der Waals surface area contributed by atoms with E-state index < -0.39 is 18.1 Å². The van der Waals surface area contributed by atoms with Crippen LogP contribution >= 0.6 is 0 Å². The highest BCUT2D eigenvalue weighted by atomic mass is 16.5. The largest absolute Gasteiger partial charge is 0.466 e. The number of carbonyl (C=O) groups excluding carboxylic acids is 3. The average Bonchev–Trinajstić information content (AvgIpc) is 2.44. The minimum absolute atomic E-state index is 0.00622. The van der Waals surface area contributed by atoms with Crippen LogP contribution in [0.3, 0.4) is 0 Å². The number of carbonyl (C=O) groups is 3. The fraction of sp³-hybridized carbons (Fsp3) is 0.786. The summed E-state index contributed by atoms with van der Waals surface area (Å²) in [6, 6.07) is -0.394. The Kier molecular flexibility index (Phi) is 5.17. The minimum Gasteiger partial charge on any atom is -0.466 e. The number of β-amino-alcohol motifs (C(OH)–C–C–N with tert-alkyl or cyclic N) is 1. The summed E-state index contributed by atoms with van der Waals surface area (Å²) >= 11 is 0. The summed E-state index contributed by atoms with van der Waals surface area (Å²) in [6.07, 6.45) is 1.37. The van der Waals surface area contributed by atoms with E-state index in [9.17, 15) is 19.5 Å². The van der Waals surface area contributed by atoms with Crippen molar-refractivity contribution in [2.75, 3.05) is 26.2 Å². The van der Waals surface area contributed by atoms with Crippen LogP contribution < -0.4 is 0 Å². The summed E-state index contributed by atoms with van der Waals surface area (Å²) in [5, 5.41) is 9.88. The van der Waals surface area contributed by atoms with E-state index in [1.54, 1.807) is 11.8 Å². The zero-order valence-corrected chi connectivity index (χ0v) is 12.3. The van der Waals surface area contributed by atoms with Crippen molar-refractivity contribution >= 4 is 17.8 Å². The molecule has 0 radical (unpaired) electrons. The molecule has 0 aromatic heterocycles. The molecule has 0 aromatic carbocycles. The Morgan fingerprint density at radius 1 is 1.43 bits per heavy atom. The molecule has 2 aliphatic heterocycles. The third kappa shape index (κ3) is 3.72. The summed E-state index contributed by atoms with van der Waals surface area (Å²) in [5.74, 6) is -0.708. The first kappa shape index (κ1) is 15.8. The van der Waals surface area contributed by atoms with E-state index >= 15 is 0 Å². The number of rotatable bonds is 5. The quantitative estimate of drug-likeness (QED) is 0.693. The minimum atomic E-state index is -1.00. The number of nitrogens with zero attached hydrogens (tertiary/aromatic N) is 2. The van der Waals surface area contributed by atoms with E-state index in [0.717, 1.165) is 12.8 Å². The number of hydrogen-bond acceptors (Lipinski definition) is 5. The van der Waals surface area contributed by atoms with Crippen LogP contribution in [0.1, 0.15) is 32.6 Å². The molecule has 2 atom stereocenters. The maximum absolute atomic E-state index is 12.4. The lowest BCUT2D eigenvalue weighted by Gasteiger charge is -2.43. The van der Waals surface area contributed by atoms with Crippen LogP contribution in [0, 0.1) is 0 Å². The molecule has 0 spiro atoms. The molecular weight excluding hydrogens is 276 g/mol. The van der Waals surface area contributed by atoms with Crippen molar-refractivity contribution in [3.63, 3.8) is 0 Å². The number of ether oxygens (including phenoxy) is 1. The Labute approximate surface area is 123 Å². The number of amides is 2. The maximum Gasteiger partial charge on any atom is 0.308 e. The van der Waals surface area contributed by atoms with Crippen molar-refractivity contribution in [3.05, 3.63) is 0 Å². The van der Waals surface area contributed by atoms with E-state index in [4.69, 9.17) is 4.74 Å². The lowest BCUT2D eigenvalue weighted by Crippen LogP contribution is -2.62. The number of aliphatic hydroxyl groups excluding tert-OH is 1. The third-order valence-corrected chi connectivity index (χ3v) is 3.88. The summed E-state index contributed by atoms with van der Waals surface area (Å²) in [7, 11) is 0. The molecule has 2 aliphatic rings. The zero-order chi connectivity index (χ0) is 15.4. The van der Waals surface area contributed by atoms with Crippen molar-refractivity contribution in [2.24, 2.45) is 0 Å². The lowest BCUT2D eigenvalue weighted by atomic mass is 9.98. The second-order valence-electron chi connectivity index (χ2n) is 5.48. The van der Waals surface area contributed by atoms with Crippen molar-refractivity contribution < 1.29 is 24.2 Å². The highest BCUT2D eigenvalue weighted by Gasteiger charge is 2.40. The zero-order valence-electron chi connectivity index (χ0n) is 12.3. The van der Waals surface area contributed by atoms with Gasteiger partial charge in [-0.05, 0) is 26.2 Å². The van der Waals surface area contributed by atoms with Crippen LogP contribution in [0.4, 0.5) is 0 Å². The molecule has 7 heteroatoms. The molecule has 2 heterocycles. The van der Waals surface area contributed by atoms with Gasteiger partial charge in [0, 0.05) is 13.1 Å². The number of hydrogen-bond donors (Lipinski definition) is 1. The number of aliphatic hydroxyl groups is 1. The fourth-order valence-electron chi connectivity index (χ4n) is 2.92. The van der Waals surface area contributed by atoms with E-state index in [1.165, 1.54) is 4.90 Å². The maximum atomic E-state index is 12.4. The van der Waals surface area contributed by atoms with Gasteiger partial charge >= 0.3 is 5.97 Å². The van der Waals surface area contributed by atoms with Gasteiger partial charge in [-0.15, -0.1) is 0 Å². The van der Waals surface area contributed by atoms with Crippen LogP contribution in [0.5, 0.6) is 0 Å². The van der Waals surface area contributed by atoms with Crippen LogP contribution in [-0.2, 0) is 19.1 Å². The average molecular weight is 298 g/mol. The topological polar surface area (TPSA) is 87.2 Å². The van der Waals surface area contributed by atoms with E-state index in [-0.39, 0.29) is 37.9 Å². The van der Waals surface area contributed by atoms with Crippen LogP contribution in [0.25, 0.3) is 0 Å². The molecule has 0 aliphatic carbocycles. The molecule has 0 saturated carbocycles. The number of piperidine rings is 1. The van der Waals surface area contributed by atoms with Crippen molar-refractivity contribution in [3.8, 4) is 0 Å². The Morgan fingerprint density at radius 2 is 2.19 bits per heavy atom. The first-order valence-electron chi connectivity index (χ1n) is 7.45. The van der Waals surface area contributed by atoms with E-state index in [2.05, 4.69) is 0 Å². The molecule has 21 heavy (non-hydrogen) atoms. The summed E-state index contributed by atoms with van der Waals surface area (Å²) in [5.41, 5.74) is 0. The van der Waals surface area contributed by atoms with E-state index in [0.29, 0.717) is 13.0 Å². The highest BCUT2D eigenvalue weighted by molar-refractivity contribution is 5.95. The smallest absolute Gasteiger partial charge is 0.308 e. The molecule has 0 bridgehead atoms.